The predicted octanol–water partition coefficient (Wildman–Crippen LogP) is 4.15. The molecule has 0 aliphatic heterocycles. The molecule has 100 valence electrons. The van der Waals surface area contributed by atoms with Gasteiger partial charge in [-0.15, -0.1) is 0 Å². The Morgan fingerprint density at radius 2 is 1.95 bits per heavy atom. The number of carboxylic acids is 1. The van der Waals surface area contributed by atoms with E-state index >= 15 is 0 Å². The maximum atomic E-state index is 11.4. The fourth-order valence-electron chi connectivity index (χ4n) is 2.40. The molecule has 20 heavy (non-hydrogen) atoms. The van der Waals surface area contributed by atoms with E-state index in [1.54, 1.807) is 12.1 Å². The van der Waals surface area contributed by atoms with E-state index in [0.717, 1.165) is 20.9 Å². The average Bonchev–Trinajstić information content (AvgIpc) is 2.82. The number of benzene rings is 2. The van der Waals surface area contributed by atoms with Gasteiger partial charge in [-0.25, -0.2) is 4.79 Å². The Labute approximate surface area is 124 Å². The number of fused-ring (bicyclic) bond motifs is 1. The van der Waals surface area contributed by atoms with E-state index in [1.165, 1.54) is 0 Å². The molecule has 1 N–H and O–H groups in total. The minimum Gasteiger partial charge on any atom is -0.478 e. The maximum Gasteiger partial charge on any atom is 0.337 e. The van der Waals surface area contributed by atoms with Gasteiger partial charge in [-0.05, 0) is 29.8 Å². The number of para-hydroxylation sites is 1. The number of halogens is 1. The van der Waals surface area contributed by atoms with Crippen molar-refractivity contribution in [3.8, 4) is 0 Å². The van der Waals surface area contributed by atoms with Crippen LogP contribution in [0.4, 0.5) is 0 Å². The Hall–Kier alpha value is -2.07. The van der Waals surface area contributed by atoms with Crippen LogP contribution in [0.5, 0.6) is 0 Å². The summed E-state index contributed by atoms with van der Waals surface area (Å²) in [5.74, 6) is -0.898. The van der Waals surface area contributed by atoms with E-state index in [9.17, 15) is 9.90 Å². The van der Waals surface area contributed by atoms with Crippen molar-refractivity contribution in [2.24, 2.45) is 0 Å². The molecule has 0 aliphatic rings. The fourth-order valence-corrected chi connectivity index (χ4v) is 2.84. The number of hydrogen-bond acceptors (Lipinski definition) is 1. The third-order valence-electron chi connectivity index (χ3n) is 3.26. The Bertz CT molecular complexity index is 792. The monoisotopic (exact) mass is 329 g/mol. The van der Waals surface area contributed by atoms with Crippen molar-refractivity contribution in [1.29, 1.82) is 0 Å². The van der Waals surface area contributed by atoms with Gasteiger partial charge in [0.25, 0.3) is 0 Å². The standard InChI is InChI=1S/C16H12BrNO2/c17-13-5-1-3-11(9-13)10-18-8-7-12-4-2-6-14(15(12)18)16(19)20/h1-9H,10H2,(H,19,20). The summed E-state index contributed by atoms with van der Waals surface area (Å²) in [5, 5.41) is 10.3. The lowest BCUT2D eigenvalue weighted by Crippen LogP contribution is -2.04. The van der Waals surface area contributed by atoms with Gasteiger partial charge in [0.1, 0.15) is 0 Å². The van der Waals surface area contributed by atoms with Crippen molar-refractivity contribution >= 4 is 32.8 Å². The smallest absolute Gasteiger partial charge is 0.337 e. The largest absolute Gasteiger partial charge is 0.478 e. The van der Waals surface area contributed by atoms with Crippen molar-refractivity contribution in [3.05, 3.63) is 70.3 Å². The number of aromatic nitrogens is 1. The van der Waals surface area contributed by atoms with Gasteiger partial charge in [0, 0.05) is 22.6 Å². The Balaban J connectivity index is 2.10. The van der Waals surface area contributed by atoms with Crippen LogP contribution in [0.2, 0.25) is 0 Å². The van der Waals surface area contributed by atoms with E-state index in [2.05, 4.69) is 15.9 Å². The normalized spacial score (nSPS) is 10.8. The first-order valence-electron chi connectivity index (χ1n) is 6.21. The summed E-state index contributed by atoms with van der Waals surface area (Å²) in [6, 6.07) is 15.3. The van der Waals surface area contributed by atoms with E-state index in [4.69, 9.17) is 0 Å². The molecule has 3 rings (SSSR count). The van der Waals surface area contributed by atoms with Gasteiger partial charge >= 0.3 is 5.97 Å². The summed E-state index contributed by atoms with van der Waals surface area (Å²) in [6.07, 6.45) is 1.93. The lowest BCUT2D eigenvalue weighted by atomic mass is 10.1. The van der Waals surface area contributed by atoms with Crippen LogP contribution < -0.4 is 0 Å². The van der Waals surface area contributed by atoms with E-state index in [-0.39, 0.29) is 0 Å². The van der Waals surface area contributed by atoms with Gasteiger partial charge in [0.05, 0.1) is 11.1 Å². The molecule has 0 saturated heterocycles. The molecule has 1 aromatic heterocycles. The molecule has 0 radical (unpaired) electrons. The molecule has 0 spiro atoms. The van der Waals surface area contributed by atoms with Crippen molar-refractivity contribution in [1.82, 2.24) is 4.57 Å². The van der Waals surface area contributed by atoms with Crippen LogP contribution in [-0.2, 0) is 6.54 Å². The van der Waals surface area contributed by atoms with Gasteiger partial charge in [-0.2, -0.15) is 0 Å². The molecule has 3 nitrogen and oxygen atoms in total. The molecule has 0 bridgehead atoms. The van der Waals surface area contributed by atoms with Gasteiger partial charge in [0.2, 0.25) is 0 Å². The summed E-state index contributed by atoms with van der Waals surface area (Å²) in [5.41, 5.74) is 2.22. The molecule has 0 unspecified atom stereocenters. The topological polar surface area (TPSA) is 42.2 Å². The number of carbonyl (C=O) groups is 1. The summed E-state index contributed by atoms with van der Waals surface area (Å²) >= 11 is 3.45. The Morgan fingerprint density at radius 1 is 1.15 bits per heavy atom. The molecule has 2 aromatic carbocycles. The zero-order valence-corrected chi connectivity index (χ0v) is 12.2. The van der Waals surface area contributed by atoms with Crippen molar-refractivity contribution in [2.75, 3.05) is 0 Å². The molecule has 3 aromatic rings. The highest BCUT2D eigenvalue weighted by Crippen LogP contribution is 2.22. The lowest BCUT2D eigenvalue weighted by Gasteiger charge is -2.08. The average molecular weight is 330 g/mol. The third-order valence-corrected chi connectivity index (χ3v) is 3.75. The summed E-state index contributed by atoms with van der Waals surface area (Å²) in [4.78, 5) is 11.4. The second-order valence-corrected chi connectivity index (χ2v) is 5.54. The zero-order valence-electron chi connectivity index (χ0n) is 10.6. The van der Waals surface area contributed by atoms with E-state index in [0.29, 0.717) is 12.1 Å². The first kappa shape index (κ1) is 12.9. The zero-order chi connectivity index (χ0) is 14.1. The van der Waals surface area contributed by atoms with E-state index in [1.807, 2.05) is 47.2 Å². The second-order valence-electron chi connectivity index (χ2n) is 4.62. The molecule has 1 heterocycles. The first-order chi connectivity index (χ1) is 9.65. The van der Waals surface area contributed by atoms with Crippen molar-refractivity contribution in [2.45, 2.75) is 6.54 Å². The minimum absolute atomic E-state index is 0.336. The maximum absolute atomic E-state index is 11.4. The third kappa shape index (κ3) is 2.34. The highest BCUT2D eigenvalue weighted by Gasteiger charge is 2.12. The molecule has 4 heteroatoms. The Morgan fingerprint density at radius 3 is 2.70 bits per heavy atom. The summed E-state index contributed by atoms with van der Waals surface area (Å²) in [6.45, 7) is 0.646. The lowest BCUT2D eigenvalue weighted by molar-refractivity contribution is 0.0698. The van der Waals surface area contributed by atoms with Gasteiger partial charge in [-0.3, -0.25) is 0 Å². The van der Waals surface area contributed by atoms with Crippen LogP contribution in [-0.4, -0.2) is 15.6 Å². The molecule has 0 aliphatic carbocycles. The predicted molar refractivity (Wildman–Crippen MR) is 82.1 cm³/mol. The van der Waals surface area contributed by atoms with Gasteiger partial charge in [-0.1, -0.05) is 40.2 Å². The molecule has 0 amide bonds. The number of hydrogen-bond donors (Lipinski definition) is 1. The van der Waals surface area contributed by atoms with Crippen LogP contribution in [0, 0.1) is 0 Å². The van der Waals surface area contributed by atoms with Gasteiger partial charge < -0.3 is 9.67 Å². The highest BCUT2D eigenvalue weighted by molar-refractivity contribution is 9.10. The first-order valence-corrected chi connectivity index (χ1v) is 7.00. The Kier molecular flexibility index (Phi) is 3.32. The molecular weight excluding hydrogens is 318 g/mol. The number of rotatable bonds is 3. The van der Waals surface area contributed by atoms with E-state index < -0.39 is 5.97 Å². The van der Waals surface area contributed by atoms with Crippen LogP contribution in [0.1, 0.15) is 15.9 Å². The number of aromatic carboxylic acids is 1. The van der Waals surface area contributed by atoms with Crippen LogP contribution in [0.25, 0.3) is 10.9 Å². The highest BCUT2D eigenvalue weighted by atomic mass is 79.9. The SMILES string of the molecule is O=C(O)c1cccc2ccn(Cc3cccc(Br)c3)c12. The molecule has 0 saturated carbocycles. The minimum atomic E-state index is -0.898. The molecular formula is C16H12BrNO2. The molecule has 0 fully saturated rings. The van der Waals surface area contributed by atoms with Gasteiger partial charge in [0.15, 0.2) is 0 Å². The van der Waals surface area contributed by atoms with Crippen LogP contribution in [0.3, 0.4) is 0 Å². The number of carboxylic acid groups (broad SMARTS) is 1. The molecule has 0 atom stereocenters. The summed E-state index contributed by atoms with van der Waals surface area (Å²) < 4.78 is 2.99. The van der Waals surface area contributed by atoms with Crippen LogP contribution >= 0.6 is 15.9 Å². The van der Waals surface area contributed by atoms with Crippen molar-refractivity contribution in [3.63, 3.8) is 0 Å². The fraction of sp³-hybridized carbons (Fsp3) is 0.0625. The quantitative estimate of drug-likeness (QED) is 0.784. The van der Waals surface area contributed by atoms with Crippen molar-refractivity contribution < 1.29 is 9.90 Å². The van der Waals surface area contributed by atoms with Crippen LogP contribution in [0.15, 0.2) is 59.2 Å². The second kappa shape index (κ2) is 5.13. The summed E-state index contributed by atoms with van der Waals surface area (Å²) in [7, 11) is 0. The number of nitrogens with zero attached hydrogens (tertiary/aromatic N) is 1.